The van der Waals surface area contributed by atoms with Gasteiger partial charge in [-0.3, -0.25) is 4.90 Å². The highest BCUT2D eigenvalue weighted by Crippen LogP contribution is 2.25. The fourth-order valence-corrected chi connectivity index (χ4v) is 2.57. The lowest BCUT2D eigenvalue weighted by Crippen LogP contribution is -2.31. The van der Waals surface area contributed by atoms with Crippen molar-refractivity contribution >= 4 is 21.6 Å². The number of halogens is 3. The number of hydrogen-bond donors (Lipinski definition) is 1. The van der Waals surface area contributed by atoms with Crippen molar-refractivity contribution in [3.8, 4) is 0 Å². The summed E-state index contributed by atoms with van der Waals surface area (Å²) in [6.45, 7) is 6.21. The third-order valence-corrected chi connectivity index (χ3v) is 3.93. The quantitative estimate of drug-likeness (QED) is 0.856. The van der Waals surface area contributed by atoms with Crippen LogP contribution in [0.2, 0.25) is 0 Å². The van der Waals surface area contributed by atoms with E-state index in [1.807, 2.05) is 0 Å². The third kappa shape index (κ3) is 3.01. The zero-order valence-corrected chi connectivity index (χ0v) is 12.1. The molecule has 0 spiro atoms. The van der Waals surface area contributed by atoms with Gasteiger partial charge in [-0.15, -0.1) is 0 Å². The van der Waals surface area contributed by atoms with Gasteiger partial charge in [-0.2, -0.15) is 0 Å². The highest BCUT2D eigenvalue weighted by atomic mass is 79.9. The number of nitrogens with zero attached hydrogens (tertiary/aromatic N) is 1. The Labute approximate surface area is 114 Å². The zero-order chi connectivity index (χ0) is 13.3. The van der Waals surface area contributed by atoms with Crippen LogP contribution < -0.4 is 5.32 Å². The van der Waals surface area contributed by atoms with Gasteiger partial charge in [0.1, 0.15) is 11.6 Å². The van der Waals surface area contributed by atoms with Crippen LogP contribution in [-0.2, 0) is 0 Å². The molecule has 18 heavy (non-hydrogen) atoms. The maximum atomic E-state index is 13.6. The van der Waals surface area contributed by atoms with E-state index in [0.29, 0.717) is 11.7 Å². The lowest BCUT2D eigenvalue weighted by molar-refractivity contribution is 0.274. The molecule has 0 aliphatic carbocycles. The molecule has 1 aliphatic heterocycles. The number of nitrogens with one attached hydrogen (secondary N) is 1. The van der Waals surface area contributed by atoms with Gasteiger partial charge in [-0.05, 0) is 42.3 Å². The second-order valence-electron chi connectivity index (χ2n) is 4.96. The first-order valence-electron chi connectivity index (χ1n) is 6.12. The van der Waals surface area contributed by atoms with Crippen LogP contribution in [0.3, 0.4) is 0 Å². The third-order valence-electron chi connectivity index (χ3n) is 3.32. The minimum absolute atomic E-state index is 0.222. The maximum absolute atomic E-state index is 13.6. The number of rotatable bonds is 3. The van der Waals surface area contributed by atoms with Gasteiger partial charge in [0.2, 0.25) is 0 Å². The van der Waals surface area contributed by atoms with Crippen molar-refractivity contribution in [3.05, 3.63) is 28.2 Å². The second kappa shape index (κ2) is 5.53. The molecule has 1 aromatic carbocycles. The van der Waals surface area contributed by atoms with E-state index in [1.165, 1.54) is 6.07 Å². The summed E-state index contributed by atoms with van der Waals surface area (Å²) >= 11 is 3.07. The maximum Gasteiger partial charge on any atom is 0.149 e. The van der Waals surface area contributed by atoms with Crippen LogP contribution in [0.4, 0.5) is 14.5 Å². The van der Waals surface area contributed by atoms with Crippen LogP contribution in [0.25, 0.3) is 0 Å². The van der Waals surface area contributed by atoms with Crippen molar-refractivity contribution < 1.29 is 8.78 Å². The summed E-state index contributed by atoms with van der Waals surface area (Å²) in [6.07, 6.45) is 0.979. The van der Waals surface area contributed by atoms with Crippen molar-refractivity contribution in [1.82, 2.24) is 4.90 Å². The molecule has 1 fully saturated rings. The lowest BCUT2D eigenvalue weighted by atomic mass is 10.2. The van der Waals surface area contributed by atoms with Gasteiger partial charge in [-0.25, -0.2) is 8.78 Å². The molecule has 0 amide bonds. The highest BCUT2D eigenvalue weighted by Gasteiger charge is 2.24. The Balaban J connectivity index is 2.05. The van der Waals surface area contributed by atoms with Gasteiger partial charge in [0.15, 0.2) is 0 Å². The predicted octanol–water partition coefficient (Wildman–Crippen LogP) is 3.62. The lowest BCUT2D eigenvalue weighted by Gasteiger charge is -2.21. The molecule has 0 saturated carbocycles. The molecular formula is C13H17BrF2N2. The number of likely N-dealkylation sites (tertiary alicyclic amines) is 1. The van der Waals surface area contributed by atoms with Gasteiger partial charge in [0.25, 0.3) is 0 Å². The van der Waals surface area contributed by atoms with Crippen LogP contribution >= 0.6 is 15.9 Å². The van der Waals surface area contributed by atoms with Crippen molar-refractivity contribution in [2.45, 2.75) is 32.4 Å². The molecular weight excluding hydrogens is 302 g/mol. The molecule has 100 valence electrons. The summed E-state index contributed by atoms with van der Waals surface area (Å²) < 4.78 is 27.0. The molecule has 5 heteroatoms. The van der Waals surface area contributed by atoms with Crippen molar-refractivity contribution in [3.63, 3.8) is 0 Å². The summed E-state index contributed by atoms with van der Waals surface area (Å²) in [5.41, 5.74) is 0.360. The monoisotopic (exact) mass is 318 g/mol. The molecule has 1 saturated heterocycles. The number of hydrogen-bond acceptors (Lipinski definition) is 2. The van der Waals surface area contributed by atoms with Gasteiger partial charge in [-0.1, -0.05) is 0 Å². The largest absolute Gasteiger partial charge is 0.379 e. The Morgan fingerprint density at radius 2 is 2.06 bits per heavy atom. The molecule has 1 aromatic rings. The fourth-order valence-electron chi connectivity index (χ4n) is 2.23. The topological polar surface area (TPSA) is 15.3 Å². The number of benzene rings is 1. The summed E-state index contributed by atoms with van der Waals surface area (Å²) in [7, 11) is 0. The van der Waals surface area contributed by atoms with Gasteiger partial charge < -0.3 is 5.32 Å². The van der Waals surface area contributed by atoms with Crippen molar-refractivity contribution in [2.24, 2.45) is 0 Å². The summed E-state index contributed by atoms with van der Waals surface area (Å²) in [4.78, 5) is 2.34. The Bertz CT molecular complexity index is 437. The van der Waals surface area contributed by atoms with E-state index < -0.39 is 11.6 Å². The minimum Gasteiger partial charge on any atom is -0.379 e. The Kier molecular flexibility index (Phi) is 4.22. The first-order chi connectivity index (χ1) is 8.47. The zero-order valence-electron chi connectivity index (χ0n) is 10.5. The fraction of sp³-hybridized carbons (Fsp3) is 0.538. The molecule has 0 aromatic heterocycles. The van der Waals surface area contributed by atoms with E-state index in [1.54, 1.807) is 0 Å². The molecule has 1 aliphatic rings. The summed E-state index contributed by atoms with van der Waals surface area (Å²) in [5, 5.41) is 3.15. The van der Waals surface area contributed by atoms with Crippen LogP contribution in [0, 0.1) is 11.6 Å². The first kappa shape index (κ1) is 13.7. The minimum atomic E-state index is -0.576. The Morgan fingerprint density at radius 3 is 2.67 bits per heavy atom. The molecule has 2 nitrogen and oxygen atoms in total. The van der Waals surface area contributed by atoms with Gasteiger partial charge >= 0.3 is 0 Å². The average Bonchev–Trinajstić information content (AvgIpc) is 2.74. The van der Waals surface area contributed by atoms with Crippen LogP contribution in [0.5, 0.6) is 0 Å². The smallest absolute Gasteiger partial charge is 0.149 e. The second-order valence-corrected chi connectivity index (χ2v) is 5.82. The van der Waals surface area contributed by atoms with E-state index >= 15 is 0 Å². The molecule has 1 heterocycles. The van der Waals surface area contributed by atoms with Gasteiger partial charge in [0, 0.05) is 31.2 Å². The van der Waals surface area contributed by atoms with E-state index in [9.17, 15) is 8.78 Å². The van der Waals surface area contributed by atoms with Crippen LogP contribution in [0.1, 0.15) is 20.3 Å². The molecule has 1 N–H and O–H groups in total. The van der Waals surface area contributed by atoms with Crippen molar-refractivity contribution in [1.29, 1.82) is 0 Å². The molecule has 1 unspecified atom stereocenters. The highest BCUT2D eigenvalue weighted by molar-refractivity contribution is 9.10. The van der Waals surface area contributed by atoms with E-state index in [2.05, 4.69) is 40.0 Å². The number of anilines is 1. The molecule has 2 rings (SSSR count). The standard InChI is InChI=1S/C13H17BrF2N2/c1-8(2)18-4-3-9(7-18)17-13-5-10(14)11(15)6-12(13)16/h5-6,8-9,17H,3-4,7H2,1-2H3. The summed E-state index contributed by atoms with van der Waals surface area (Å²) in [5.74, 6) is -1.12. The normalized spacial score (nSPS) is 20.7. The van der Waals surface area contributed by atoms with Crippen LogP contribution in [-0.4, -0.2) is 30.1 Å². The molecule has 0 bridgehead atoms. The van der Waals surface area contributed by atoms with Gasteiger partial charge in [0.05, 0.1) is 10.2 Å². The predicted molar refractivity (Wildman–Crippen MR) is 72.8 cm³/mol. The van der Waals surface area contributed by atoms with E-state index in [4.69, 9.17) is 0 Å². The van der Waals surface area contributed by atoms with Crippen LogP contribution in [0.15, 0.2) is 16.6 Å². The van der Waals surface area contributed by atoms with E-state index in [-0.39, 0.29) is 10.5 Å². The Morgan fingerprint density at radius 1 is 1.33 bits per heavy atom. The molecule has 1 atom stereocenters. The SMILES string of the molecule is CC(C)N1CCC(Nc2cc(Br)c(F)cc2F)C1. The van der Waals surface area contributed by atoms with Crippen molar-refractivity contribution in [2.75, 3.05) is 18.4 Å². The molecule has 0 radical (unpaired) electrons. The summed E-state index contributed by atoms with van der Waals surface area (Å²) in [6, 6.07) is 3.09. The van der Waals surface area contributed by atoms with E-state index in [0.717, 1.165) is 25.6 Å². The average molecular weight is 319 g/mol. The Hall–Kier alpha value is -0.680. The first-order valence-corrected chi connectivity index (χ1v) is 6.92.